The van der Waals surface area contributed by atoms with Crippen LogP contribution in [0.25, 0.3) is 0 Å². The number of rotatable bonds is 6. The topological polar surface area (TPSA) is 55.4 Å². The second-order valence-electron chi connectivity index (χ2n) is 5.54. The third-order valence-electron chi connectivity index (χ3n) is 3.44. The number of ether oxygens (including phenoxy) is 1. The number of thioether (sulfide) groups is 1. The van der Waals surface area contributed by atoms with Crippen LogP contribution < -0.4 is 5.32 Å². The maximum Gasteiger partial charge on any atom is 0.317 e. The average Bonchev–Trinajstić information content (AvgIpc) is 2.56. The van der Waals surface area contributed by atoms with Crippen LogP contribution >= 0.6 is 11.8 Å². The van der Waals surface area contributed by atoms with Crippen molar-refractivity contribution in [2.24, 2.45) is 0 Å². The molecule has 0 saturated heterocycles. The van der Waals surface area contributed by atoms with Crippen LogP contribution in [0, 0.1) is 13.8 Å². The van der Waals surface area contributed by atoms with Gasteiger partial charge in [-0.05, 0) is 44.5 Å². The molecule has 2 aromatic carbocycles. The quantitative estimate of drug-likeness (QED) is 0.637. The number of esters is 1. The van der Waals surface area contributed by atoms with Gasteiger partial charge in [0.25, 0.3) is 5.91 Å². The Morgan fingerprint density at radius 3 is 2.42 bits per heavy atom. The molecule has 0 aliphatic heterocycles. The minimum absolute atomic E-state index is 0.174. The standard InChI is InChI=1S/C19H21NO3S/c1-13-8-10-16(11-9-13)20-19(22)15(3)23-18(21)12-24-17-7-5-4-6-14(17)2/h4-11,15H,12H2,1-3H3,(H,20,22)/t15-/m0/s1. The van der Waals surface area contributed by atoms with Crippen LogP contribution in [-0.2, 0) is 14.3 Å². The second-order valence-corrected chi connectivity index (χ2v) is 6.56. The highest BCUT2D eigenvalue weighted by Crippen LogP contribution is 2.22. The lowest BCUT2D eigenvalue weighted by molar-refractivity contribution is -0.150. The van der Waals surface area contributed by atoms with Gasteiger partial charge in [0.15, 0.2) is 6.10 Å². The zero-order valence-corrected chi connectivity index (χ0v) is 14.9. The van der Waals surface area contributed by atoms with Gasteiger partial charge in [-0.3, -0.25) is 9.59 Å². The monoisotopic (exact) mass is 343 g/mol. The molecule has 0 fully saturated rings. The Labute approximate surface area is 146 Å². The van der Waals surface area contributed by atoms with Crippen LogP contribution in [0.3, 0.4) is 0 Å². The molecule has 0 aromatic heterocycles. The molecule has 1 N–H and O–H groups in total. The fourth-order valence-corrected chi connectivity index (χ4v) is 2.83. The highest BCUT2D eigenvalue weighted by molar-refractivity contribution is 8.00. The van der Waals surface area contributed by atoms with Gasteiger partial charge in [-0.2, -0.15) is 0 Å². The van der Waals surface area contributed by atoms with Crippen molar-refractivity contribution in [2.45, 2.75) is 31.8 Å². The first kappa shape index (κ1) is 18.1. The van der Waals surface area contributed by atoms with Crippen LogP contribution in [0.15, 0.2) is 53.4 Å². The molecular weight excluding hydrogens is 322 g/mol. The van der Waals surface area contributed by atoms with Crippen molar-refractivity contribution in [1.82, 2.24) is 0 Å². The Kier molecular flexibility index (Phi) is 6.44. The van der Waals surface area contributed by atoms with E-state index < -0.39 is 12.1 Å². The van der Waals surface area contributed by atoms with Gasteiger partial charge in [0.1, 0.15) is 0 Å². The number of hydrogen-bond donors (Lipinski definition) is 1. The lowest BCUT2D eigenvalue weighted by atomic mass is 10.2. The highest BCUT2D eigenvalue weighted by Gasteiger charge is 2.18. The third kappa shape index (κ3) is 5.42. The molecule has 0 aliphatic carbocycles. The number of aryl methyl sites for hydroxylation is 2. The van der Waals surface area contributed by atoms with Crippen LogP contribution in [0.4, 0.5) is 5.69 Å². The van der Waals surface area contributed by atoms with Gasteiger partial charge < -0.3 is 10.1 Å². The molecule has 0 spiro atoms. The number of amides is 1. The SMILES string of the molecule is Cc1ccc(NC(=O)[C@H](C)OC(=O)CSc2ccccc2C)cc1. The summed E-state index contributed by atoms with van der Waals surface area (Å²) in [5.41, 5.74) is 2.91. The summed E-state index contributed by atoms with van der Waals surface area (Å²) in [6.07, 6.45) is -0.837. The zero-order valence-electron chi connectivity index (χ0n) is 14.0. The van der Waals surface area contributed by atoms with Crippen molar-refractivity contribution in [3.8, 4) is 0 Å². The molecule has 0 heterocycles. The van der Waals surface area contributed by atoms with Gasteiger partial charge in [-0.1, -0.05) is 35.9 Å². The Hall–Kier alpha value is -2.27. The number of hydrogen-bond acceptors (Lipinski definition) is 4. The fourth-order valence-electron chi connectivity index (χ4n) is 2.02. The summed E-state index contributed by atoms with van der Waals surface area (Å²) in [6, 6.07) is 15.3. The van der Waals surface area contributed by atoms with Crippen LogP contribution in [0.5, 0.6) is 0 Å². The number of nitrogens with one attached hydrogen (secondary N) is 1. The highest BCUT2D eigenvalue weighted by atomic mass is 32.2. The van der Waals surface area contributed by atoms with Crippen LogP contribution in [-0.4, -0.2) is 23.7 Å². The molecule has 5 heteroatoms. The van der Waals surface area contributed by atoms with Crippen molar-refractivity contribution in [2.75, 3.05) is 11.1 Å². The van der Waals surface area contributed by atoms with E-state index in [9.17, 15) is 9.59 Å². The summed E-state index contributed by atoms with van der Waals surface area (Å²) < 4.78 is 5.20. The van der Waals surface area contributed by atoms with Gasteiger partial charge in [-0.15, -0.1) is 11.8 Å². The lowest BCUT2D eigenvalue weighted by Gasteiger charge is -2.14. The van der Waals surface area contributed by atoms with E-state index in [1.54, 1.807) is 6.92 Å². The Morgan fingerprint density at radius 2 is 1.75 bits per heavy atom. The molecular formula is C19H21NO3S. The number of benzene rings is 2. The number of carbonyl (C=O) groups excluding carboxylic acids is 2. The summed E-state index contributed by atoms with van der Waals surface area (Å²) in [6.45, 7) is 5.54. The summed E-state index contributed by atoms with van der Waals surface area (Å²) in [5.74, 6) is -0.574. The van der Waals surface area contributed by atoms with Crippen molar-refractivity contribution < 1.29 is 14.3 Å². The molecule has 1 amide bonds. The second kappa shape index (κ2) is 8.55. The molecule has 2 rings (SSSR count). The molecule has 0 unspecified atom stereocenters. The van der Waals surface area contributed by atoms with Gasteiger partial charge >= 0.3 is 5.97 Å². The van der Waals surface area contributed by atoms with Gasteiger partial charge in [0, 0.05) is 10.6 Å². The van der Waals surface area contributed by atoms with E-state index in [0.29, 0.717) is 5.69 Å². The summed E-state index contributed by atoms with van der Waals surface area (Å²) >= 11 is 1.41. The molecule has 126 valence electrons. The first-order chi connectivity index (χ1) is 11.5. The fraction of sp³-hybridized carbons (Fsp3) is 0.263. The van der Waals surface area contributed by atoms with Crippen molar-refractivity contribution in [3.05, 3.63) is 59.7 Å². The maximum atomic E-state index is 12.1. The van der Waals surface area contributed by atoms with E-state index in [-0.39, 0.29) is 11.7 Å². The predicted octanol–water partition coefficient (Wildman–Crippen LogP) is 3.97. The zero-order chi connectivity index (χ0) is 17.5. The average molecular weight is 343 g/mol. The molecule has 0 bridgehead atoms. The minimum Gasteiger partial charge on any atom is -0.452 e. The molecule has 2 aromatic rings. The van der Waals surface area contributed by atoms with E-state index in [1.165, 1.54) is 11.8 Å². The Morgan fingerprint density at radius 1 is 1.08 bits per heavy atom. The van der Waals surface area contributed by atoms with E-state index in [4.69, 9.17) is 4.74 Å². The molecule has 0 saturated carbocycles. The first-order valence-electron chi connectivity index (χ1n) is 7.71. The summed E-state index contributed by atoms with van der Waals surface area (Å²) in [5, 5.41) is 2.73. The van der Waals surface area contributed by atoms with E-state index >= 15 is 0 Å². The lowest BCUT2D eigenvalue weighted by Crippen LogP contribution is -2.30. The minimum atomic E-state index is -0.837. The maximum absolute atomic E-state index is 12.1. The summed E-state index contributed by atoms with van der Waals surface area (Å²) in [7, 11) is 0. The molecule has 0 aliphatic rings. The van der Waals surface area contributed by atoms with E-state index in [0.717, 1.165) is 16.0 Å². The largest absolute Gasteiger partial charge is 0.452 e. The normalized spacial score (nSPS) is 11.6. The van der Waals surface area contributed by atoms with Gasteiger partial charge in [0.05, 0.1) is 5.75 Å². The smallest absolute Gasteiger partial charge is 0.317 e. The van der Waals surface area contributed by atoms with E-state index in [2.05, 4.69) is 5.32 Å². The Bertz CT molecular complexity index is 713. The van der Waals surface area contributed by atoms with Crippen molar-refractivity contribution in [1.29, 1.82) is 0 Å². The van der Waals surface area contributed by atoms with Crippen molar-refractivity contribution in [3.63, 3.8) is 0 Å². The van der Waals surface area contributed by atoms with Gasteiger partial charge in [-0.25, -0.2) is 0 Å². The Balaban J connectivity index is 1.81. The number of anilines is 1. The van der Waals surface area contributed by atoms with Gasteiger partial charge in [0.2, 0.25) is 0 Å². The molecule has 24 heavy (non-hydrogen) atoms. The van der Waals surface area contributed by atoms with E-state index in [1.807, 2.05) is 62.4 Å². The molecule has 4 nitrogen and oxygen atoms in total. The summed E-state index contributed by atoms with van der Waals surface area (Å²) in [4.78, 5) is 25.0. The predicted molar refractivity (Wildman–Crippen MR) is 97.3 cm³/mol. The first-order valence-corrected chi connectivity index (χ1v) is 8.69. The molecule has 1 atom stereocenters. The van der Waals surface area contributed by atoms with Crippen LogP contribution in [0.1, 0.15) is 18.1 Å². The van der Waals surface area contributed by atoms with Crippen molar-refractivity contribution >= 4 is 29.3 Å². The number of carbonyl (C=O) groups is 2. The third-order valence-corrected chi connectivity index (χ3v) is 4.58. The molecule has 0 radical (unpaired) electrons. The van der Waals surface area contributed by atoms with Crippen LogP contribution in [0.2, 0.25) is 0 Å².